The summed E-state index contributed by atoms with van der Waals surface area (Å²) < 4.78 is 20.8. The zero-order valence-electron chi connectivity index (χ0n) is 19.7. The Kier molecular flexibility index (Phi) is 8.96. The number of ether oxygens (including phenoxy) is 1. The Labute approximate surface area is 208 Å². The van der Waals surface area contributed by atoms with Gasteiger partial charge in [0.1, 0.15) is 17.5 Å². The number of benzene rings is 1. The highest BCUT2D eigenvalue weighted by molar-refractivity contribution is 6.30. The first kappa shape index (κ1) is 26.3. The molecule has 0 fully saturated rings. The van der Waals surface area contributed by atoms with Gasteiger partial charge in [-0.1, -0.05) is 24.6 Å². The average Bonchev–Trinajstić information content (AvgIpc) is 3.08. The van der Waals surface area contributed by atoms with Crippen LogP contribution >= 0.6 is 11.6 Å². The number of aryl methyl sites for hydroxylation is 1. The molecule has 35 heavy (non-hydrogen) atoms. The summed E-state index contributed by atoms with van der Waals surface area (Å²) in [6.45, 7) is 2.54. The van der Waals surface area contributed by atoms with Crippen molar-refractivity contribution in [2.24, 2.45) is 13.0 Å². The molecule has 0 aliphatic rings. The van der Waals surface area contributed by atoms with Gasteiger partial charge >= 0.3 is 5.97 Å². The van der Waals surface area contributed by atoms with Gasteiger partial charge in [0, 0.05) is 49.3 Å². The van der Waals surface area contributed by atoms with E-state index in [1.165, 1.54) is 18.3 Å². The Balaban J connectivity index is 1.70. The van der Waals surface area contributed by atoms with Crippen molar-refractivity contribution in [1.29, 1.82) is 5.26 Å². The third kappa shape index (κ3) is 6.65. The number of aliphatic carboxylic acids is 1. The van der Waals surface area contributed by atoms with Crippen molar-refractivity contribution in [3.8, 4) is 6.07 Å². The maximum Gasteiger partial charge on any atom is 0.303 e. The molecule has 1 aromatic carbocycles. The van der Waals surface area contributed by atoms with Crippen molar-refractivity contribution >= 4 is 34.4 Å². The Morgan fingerprint density at radius 2 is 2.06 bits per heavy atom. The summed E-state index contributed by atoms with van der Waals surface area (Å²) in [7, 11) is 1.84. The number of unbranched alkanes of at least 4 members (excludes halogenated alkanes) is 1. The third-order valence-electron chi connectivity index (χ3n) is 5.82. The molecule has 3 rings (SSSR count). The number of carbonyl (C=O) groups is 2. The van der Waals surface area contributed by atoms with Gasteiger partial charge in [-0.05, 0) is 48.9 Å². The smallest absolute Gasteiger partial charge is 0.303 e. The molecule has 0 radical (unpaired) electrons. The van der Waals surface area contributed by atoms with Crippen LogP contribution in [0.1, 0.15) is 59.8 Å². The van der Waals surface area contributed by atoms with Crippen molar-refractivity contribution in [1.82, 2.24) is 9.55 Å². The number of hydrogen-bond donors (Lipinski definition) is 1. The zero-order valence-corrected chi connectivity index (χ0v) is 20.4. The number of fused-ring (bicyclic) bond motifs is 1. The van der Waals surface area contributed by atoms with E-state index in [2.05, 4.69) is 11.1 Å². The van der Waals surface area contributed by atoms with Gasteiger partial charge in [-0.2, -0.15) is 5.26 Å². The van der Waals surface area contributed by atoms with E-state index in [1.54, 1.807) is 19.1 Å². The van der Waals surface area contributed by atoms with E-state index in [-0.39, 0.29) is 29.6 Å². The van der Waals surface area contributed by atoms with E-state index in [0.29, 0.717) is 41.8 Å². The molecule has 0 aliphatic carbocycles. The summed E-state index contributed by atoms with van der Waals surface area (Å²) in [4.78, 5) is 28.7. The fourth-order valence-electron chi connectivity index (χ4n) is 4.13. The molecule has 0 saturated carbocycles. The minimum atomic E-state index is -0.945. The van der Waals surface area contributed by atoms with E-state index in [4.69, 9.17) is 21.4 Å². The van der Waals surface area contributed by atoms with Crippen LogP contribution in [0.3, 0.4) is 0 Å². The summed E-state index contributed by atoms with van der Waals surface area (Å²) in [6.07, 6.45) is 3.54. The maximum absolute atomic E-state index is 13.3. The van der Waals surface area contributed by atoms with Gasteiger partial charge in [-0.25, -0.2) is 9.37 Å². The molecular formula is C26H27ClFN3O4. The lowest BCUT2D eigenvalue weighted by molar-refractivity contribution is -0.137. The summed E-state index contributed by atoms with van der Waals surface area (Å²) >= 11 is 5.80. The highest BCUT2D eigenvalue weighted by Gasteiger charge is 2.24. The number of carboxylic acid groups (broad SMARTS) is 1. The summed E-state index contributed by atoms with van der Waals surface area (Å²) in [5.74, 6) is -1.88. The molecule has 3 aromatic rings. The minimum Gasteiger partial charge on any atom is -0.481 e. The standard InChI is InChI=1S/C26H27ClFN3O4/c1-16(10-24(33)34)9-23(32)25-19-11-18(13-29)14-30-26(19)31(2)22(25)5-3-4-8-35-15-17-6-7-21(28)20(27)12-17/h6-7,11-12,14,16H,3-5,8-10,15H2,1-2H3,(H,33,34). The zero-order chi connectivity index (χ0) is 25.5. The number of carbonyl (C=O) groups excluding carboxylic acids is 1. The summed E-state index contributed by atoms with van der Waals surface area (Å²) in [6, 6.07) is 8.20. The lowest BCUT2D eigenvalue weighted by Gasteiger charge is -2.11. The second-order valence-electron chi connectivity index (χ2n) is 8.68. The average molecular weight is 500 g/mol. The number of halogens is 2. The molecule has 0 amide bonds. The molecule has 184 valence electrons. The molecule has 0 saturated heterocycles. The minimum absolute atomic E-state index is 0.0601. The Hall–Kier alpha value is -3.28. The quantitative estimate of drug-likeness (QED) is 0.262. The van der Waals surface area contributed by atoms with Gasteiger partial charge in [0.2, 0.25) is 0 Å². The van der Waals surface area contributed by atoms with E-state index in [1.807, 2.05) is 11.6 Å². The molecule has 1 atom stereocenters. The summed E-state index contributed by atoms with van der Waals surface area (Å²) in [5.41, 5.74) is 3.06. The van der Waals surface area contributed by atoms with Crippen LogP contribution in [-0.4, -0.2) is 33.0 Å². The SMILES string of the molecule is CC(CC(=O)O)CC(=O)c1c(CCCCOCc2ccc(F)c(Cl)c2)n(C)c2ncc(C#N)cc12. The van der Waals surface area contributed by atoms with Crippen LogP contribution in [0.5, 0.6) is 0 Å². The van der Waals surface area contributed by atoms with E-state index >= 15 is 0 Å². The first-order valence-electron chi connectivity index (χ1n) is 11.3. The third-order valence-corrected chi connectivity index (χ3v) is 6.11. The molecule has 9 heteroatoms. The Bertz CT molecular complexity index is 1280. The molecular weight excluding hydrogens is 473 g/mol. The van der Waals surface area contributed by atoms with Crippen LogP contribution in [-0.2, 0) is 29.6 Å². The monoisotopic (exact) mass is 499 g/mol. The lowest BCUT2D eigenvalue weighted by atomic mass is 9.94. The van der Waals surface area contributed by atoms with E-state index < -0.39 is 11.8 Å². The number of nitrogens with zero attached hydrogens (tertiary/aromatic N) is 3. The number of rotatable bonds is 12. The van der Waals surface area contributed by atoms with E-state index in [0.717, 1.165) is 24.1 Å². The van der Waals surface area contributed by atoms with Gasteiger partial charge in [0.25, 0.3) is 0 Å². The molecule has 0 aliphatic heterocycles. The molecule has 1 unspecified atom stereocenters. The van der Waals surface area contributed by atoms with Crippen LogP contribution in [0.15, 0.2) is 30.5 Å². The van der Waals surface area contributed by atoms with Crippen LogP contribution in [0.25, 0.3) is 11.0 Å². The molecule has 0 bridgehead atoms. The van der Waals surface area contributed by atoms with Gasteiger partial charge in [-0.15, -0.1) is 0 Å². The van der Waals surface area contributed by atoms with Crippen LogP contribution in [0.2, 0.25) is 5.02 Å². The lowest BCUT2D eigenvalue weighted by Crippen LogP contribution is -2.12. The first-order valence-corrected chi connectivity index (χ1v) is 11.7. The predicted octanol–water partition coefficient (Wildman–Crippen LogP) is 5.46. The van der Waals surface area contributed by atoms with Crippen molar-refractivity contribution in [2.75, 3.05) is 6.61 Å². The van der Waals surface area contributed by atoms with Gasteiger partial charge in [0.15, 0.2) is 5.78 Å². The van der Waals surface area contributed by atoms with Gasteiger partial charge < -0.3 is 14.4 Å². The number of ketones is 1. The molecule has 7 nitrogen and oxygen atoms in total. The second kappa shape index (κ2) is 11.9. The van der Waals surface area contributed by atoms with Crippen molar-refractivity contribution in [2.45, 2.75) is 45.6 Å². The van der Waals surface area contributed by atoms with Crippen molar-refractivity contribution < 1.29 is 23.8 Å². The van der Waals surface area contributed by atoms with Gasteiger partial charge in [-0.3, -0.25) is 9.59 Å². The van der Waals surface area contributed by atoms with Crippen molar-refractivity contribution in [3.63, 3.8) is 0 Å². The normalized spacial score (nSPS) is 12.0. The highest BCUT2D eigenvalue weighted by atomic mass is 35.5. The highest BCUT2D eigenvalue weighted by Crippen LogP contribution is 2.29. The van der Waals surface area contributed by atoms with E-state index in [9.17, 15) is 19.2 Å². The van der Waals surface area contributed by atoms with Crippen molar-refractivity contribution in [3.05, 3.63) is 63.7 Å². The first-order chi connectivity index (χ1) is 16.7. The number of pyridine rings is 1. The maximum atomic E-state index is 13.3. The Morgan fingerprint density at radius 3 is 2.74 bits per heavy atom. The summed E-state index contributed by atoms with van der Waals surface area (Å²) in [5, 5.41) is 19.0. The fraction of sp³-hybridized carbons (Fsp3) is 0.385. The topological polar surface area (TPSA) is 105 Å². The molecule has 0 spiro atoms. The fourth-order valence-corrected chi connectivity index (χ4v) is 4.33. The second-order valence-corrected chi connectivity index (χ2v) is 9.08. The van der Waals surface area contributed by atoms with Crippen LogP contribution in [0.4, 0.5) is 4.39 Å². The number of aromatic nitrogens is 2. The van der Waals surface area contributed by atoms with Crippen LogP contribution in [0, 0.1) is 23.1 Å². The molecule has 1 N–H and O–H groups in total. The molecule has 2 heterocycles. The Morgan fingerprint density at radius 1 is 1.29 bits per heavy atom. The predicted molar refractivity (Wildman–Crippen MR) is 130 cm³/mol. The number of Topliss-reactive ketones (excluding diaryl/α,β-unsaturated/α-hetero) is 1. The number of nitriles is 1. The van der Waals surface area contributed by atoms with Crippen LogP contribution < -0.4 is 0 Å². The number of hydrogen-bond acceptors (Lipinski definition) is 5. The van der Waals surface area contributed by atoms with Gasteiger partial charge in [0.05, 0.1) is 17.2 Å². The number of carboxylic acids is 1. The largest absolute Gasteiger partial charge is 0.481 e. The molecule has 2 aromatic heterocycles.